The van der Waals surface area contributed by atoms with Crippen LogP contribution in [0.25, 0.3) is 11.3 Å². The fraction of sp³-hybridized carbons (Fsp3) is 0.357. The van der Waals surface area contributed by atoms with Crippen LogP contribution in [0.5, 0.6) is 0 Å². The molecule has 0 atom stereocenters. The highest BCUT2D eigenvalue weighted by Crippen LogP contribution is 2.25. The number of oxazole rings is 1. The third-order valence-corrected chi connectivity index (χ3v) is 3.07. The van der Waals surface area contributed by atoms with Gasteiger partial charge in [0.2, 0.25) is 0 Å². The Labute approximate surface area is 116 Å². The van der Waals surface area contributed by atoms with Crippen LogP contribution >= 0.6 is 15.9 Å². The molecule has 2 rings (SSSR count). The van der Waals surface area contributed by atoms with E-state index < -0.39 is 0 Å². The van der Waals surface area contributed by atoms with E-state index in [1.165, 1.54) is 6.39 Å². The molecule has 1 aromatic heterocycles. The van der Waals surface area contributed by atoms with E-state index in [2.05, 4.69) is 40.1 Å². The lowest BCUT2D eigenvalue weighted by Crippen LogP contribution is -2.19. The maximum atomic E-state index is 5.49. The largest absolute Gasteiger partial charge is 0.443 e. The van der Waals surface area contributed by atoms with Crippen LogP contribution < -0.4 is 5.32 Å². The SMILES string of the molecule is CC(C)CNCc1ncoc1-c1cccc(Br)c1. The Balaban J connectivity index is 2.12. The molecule has 0 fully saturated rings. The molecule has 0 aliphatic rings. The second kappa shape index (κ2) is 6.16. The normalized spacial score (nSPS) is 11.1. The van der Waals surface area contributed by atoms with Crippen molar-refractivity contribution in [1.82, 2.24) is 10.3 Å². The van der Waals surface area contributed by atoms with Gasteiger partial charge in [-0.25, -0.2) is 4.98 Å². The van der Waals surface area contributed by atoms with Gasteiger partial charge in [0.25, 0.3) is 0 Å². The molecule has 0 radical (unpaired) electrons. The Bertz CT molecular complexity index is 508. The average molecular weight is 309 g/mol. The van der Waals surface area contributed by atoms with E-state index in [-0.39, 0.29) is 0 Å². The van der Waals surface area contributed by atoms with Crippen molar-refractivity contribution in [1.29, 1.82) is 0 Å². The minimum Gasteiger partial charge on any atom is -0.443 e. The van der Waals surface area contributed by atoms with Gasteiger partial charge in [0.05, 0.1) is 0 Å². The van der Waals surface area contributed by atoms with Gasteiger partial charge in [0.15, 0.2) is 12.2 Å². The summed E-state index contributed by atoms with van der Waals surface area (Å²) in [7, 11) is 0. The third-order valence-electron chi connectivity index (χ3n) is 2.57. The van der Waals surface area contributed by atoms with Gasteiger partial charge in [-0.15, -0.1) is 0 Å². The van der Waals surface area contributed by atoms with Crippen LogP contribution in [0.4, 0.5) is 0 Å². The summed E-state index contributed by atoms with van der Waals surface area (Å²) in [4.78, 5) is 4.27. The molecule has 3 nitrogen and oxygen atoms in total. The van der Waals surface area contributed by atoms with Crippen LogP contribution in [0, 0.1) is 5.92 Å². The predicted octanol–water partition coefficient (Wildman–Crippen LogP) is 3.85. The molecule has 1 aromatic carbocycles. The maximum absolute atomic E-state index is 5.49. The molecule has 0 unspecified atom stereocenters. The molecule has 0 spiro atoms. The highest BCUT2D eigenvalue weighted by molar-refractivity contribution is 9.10. The van der Waals surface area contributed by atoms with E-state index in [0.29, 0.717) is 5.92 Å². The van der Waals surface area contributed by atoms with Crippen molar-refractivity contribution < 1.29 is 4.42 Å². The van der Waals surface area contributed by atoms with Crippen LogP contribution in [0.1, 0.15) is 19.5 Å². The Morgan fingerprint density at radius 1 is 1.39 bits per heavy atom. The Morgan fingerprint density at radius 2 is 2.22 bits per heavy atom. The van der Waals surface area contributed by atoms with Gasteiger partial charge in [-0.3, -0.25) is 0 Å². The average Bonchev–Trinajstić information content (AvgIpc) is 2.77. The van der Waals surface area contributed by atoms with E-state index in [9.17, 15) is 0 Å². The second-order valence-corrected chi connectivity index (χ2v) is 5.58. The molecule has 0 aliphatic carbocycles. The Hall–Kier alpha value is -1.13. The van der Waals surface area contributed by atoms with Gasteiger partial charge >= 0.3 is 0 Å². The van der Waals surface area contributed by atoms with Gasteiger partial charge in [-0.2, -0.15) is 0 Å². The zero-order valence-corrected chi connectivity index (χ0v) is 12.2. The topological polar surface area (TPSA) is 38.1 Å². The highest BCUT2D eigenvalue weighted by Gasteiger charge is 2.10. The number of rotatable bonds is 5. The van der Waals surface area contributed by atoms with Crippen molar-refractivity contribution in [3.8, 4) is 11.3 Å². The Morgan fingerprint density at radius 3 is 2.94 bits per heavy atom. The fourth-order valence-corrected chi connectivity index (χ4v) is 2.14. The molecule has 4 heteroatoms. The lowest BCUT2D eigenvalue weighted by atomic mass is 10.1. The lowest BCUT2D eigenvalue weighted by molar-refractivity contribution is 0.545. The van der Waals surface area contributed by atoms with E-state index in [1.54, 1.807) is 0 Å². The standard InChI is InChI=1S/C14H17BrN2O/c1-10(2)7-16-8-13-14(18-9-17-13)11-4-3-5-12(15)6-11/h3-6,9-10,16H,7-8H2,1-2H3. The van der Waals surface area contributed by atoms with Gasteiger partial charge in [0, 0.05) is 16.6 Å². The molecule has 0 saturated heterocycles. The summed E-state index contributed by atoms with van der Waals surface area (Å²) in [5.41, 5.74) is 2.00. The van der Waals surface area contributed by atoms with Gasteiger partial charge in [-0.1, -0.05) is 41.9 Å². The zero-order chi connectivity index (χ0) is 13.0. The van der Waals surface area contributed by atoms with Crippen LogP contribution in [0.2, 0.25) is 0 Å². The predicted molar refractivity (Wildman–Crippen MR) is 76.2 cm³/mol. The Kier molecular flexibility index (Phi) is 4.55. The van der Waals surface area contributed by atoms with Gasteiger partial charge < -0.3 is 9.73 Å². The molecule has 0 saturated carbocycles. The molecule has 2 aromatic rings. The molecule has 96 valence electrons. The molecule has 0 bridgehead atoms. The van der Waals surface area contributed by atoms with E-state index in [0.717, 1.165) is 34.6 Å². The van der Waals surface area contributed by atoms with E-state index in [4.69, 9.17) is 4.42 Å². The number of aromatic nitrogens is 1. The number of hydrogen-bond donors (Lipinski definition) is 1. The summed E-state index contributed by atoms with van der Waals surface area (Å²) < 4.78 is 6.53. The van der Waals surface area contributed by atoms with Crippen LogP contribution in [-0.4, -0.2) is 11.5 Å². The van der Waals surface area contributed by atoms with Crippen molar-refractivity contribution in [3.05, 3.63) is 40.8 Å². The first kappa shape index (κ1) is 13.3. The van der Waals surface area contributed by atoms with Crippen molar-refractivity contribution >= 4 is 15.9 Å². The summed E-state index contributed by atoms with van der Waals surface area (Å²) in [6.45, 7) is 6.08. The quantitative estimate of drug-likeness (QED) is 0.911. The van der Waals surface area contributed by atoms with Crippen molar-refractivity contribution in [2.75, 3.05) is 6.54 Å². The van der Waals surface area contributed by atoms with Crippen LogP contribution in [0.3, 0.4) is 0 Å². The highest BCUT2D eigenvalue weighted by atomic mass is 79.9. The molecule has 0 aliphatic heterocycles. The molecular weight excluding hydrogens is 292 g/mol. The van der Waals surface area contributed by atoms with Crippen LogP contribution in [0.15, 0.2) is 39.5 Å². The van der Waals surface area contributed by atoms with E-state index in [1.807, 2.05) is 24.3 Å². The summed E-state index contributed by atoms with van der Waals surface area (Å²) in [6.07, 6.45) is 1.50. The van der Waals surface area contributed by atoms with Gasteiger partial charge in [-0.05, 0) is 24.6 Å². The molecule has 1 N–H and O–H groups in total. The molecule has 1 heterocycles. The number of nitrogens with one attached hydrogen (secondary N) is 1. The maximum Gasteiger partial charge on any atom is 0.181 e. The van der Waals surface area contributed by atoms with Crippen molar-refractivity contribution in [3.63, 3.8) is 0 Å². The molecule has 0 amide bonds. The molecular formula is C14H17BrN2O. The monoisotopic (exact) mass is 308 g/mol. The number of benzene rings is 1. The molecule has 18 heavy (non-hydrogen) atoms. The zero-order valence-electron chi connectivity index (χ0n) is 10.6. The summed E-state index contributed by atoms with van der Waals surface area (Å²) in [5.74, 6) is 1.47. The van der Waals surface area contributed by atoms with Crippen molar-refractivity contribution in [2.45, 2.75) is 20.4 Å². The summed E-state index contributed by atoms with van der Waals surface area (Å²) >= 11 is 3.47. The minimum absolute atomic E-state index is 0.631. The second-order valence-electron chi connectivity index (χ2n) is 4.66. The summed E-state index contributed by atoms with van der Waals surface area (Å²) in [6, 6.07) is 8.05. The third kappa shape index (κ3) is 3.43. The van der Waals surface area contributed by atoms with Crippen LogP contribution in [-0.2, 0) is 6.54 Å². The minimum atomic E-state index is 0.631. The fourth-order valence-electron chi connectivity index (χ4n) is 1.74. The lowest BCUT2D eigenvalue weighted by Gasteiger charge is -2.06. The first-order chi connectivity index (χ1) is 8.66. The van der Waals surface area contributed by atoms with E-state index >= 15 is 0 Å². The van der Waals surface area contributed by atoms with Crippen molar-refractivity contribution in [2.24, 2.45) is 5.92 Å². The number of nitrogens with zero attached hydrogens (tertiary/aromatic N) is 1. The smallest absolute Gasteiger partial charge is 0.181 e. The first-order valence-corrected chi connectivity index (χ1v) is 6.85. The summed E-state index contributed by atoms with van der Waals surface area (Å²) in [5, 5.41) is 3.38. The number of halogens is 1. The first-order valence-electron chi connectivity index (χ1n) is 6.06. The van der Waals surface area contributed by atoms with Gasteiger partial charge in [0.1, 0.15) is 5.69 Å². The number of hydrogen-bond acceptors (Lipinski definition) is 3.